The number of carbonyl (C=O) groups excluding carboxylic acids is 2. The minimum Gasteiger partial charge on any atom is -0.459 e. The molecule has 3 unspecified atom stereocenters. The number of carbonyl (C=O) groups is 2. The van der Waals surface area contributed by atoms with Crippen molar-refractivity contribution in [2.75, 3.05) is 13.1 Å². The van der Waals surface area contributed by atoms with Gasteiger partial charge in [0.2, 0.25) is 5.91 Å². The van der Waals surface area contributed by atoms with Crippen LogP contribution in [0.1, 0.15) is 37.2 Å². The Balaban J connectivity index is 1.91. The quantitative estimate of drug-likeness (QED) is 0.868. The smallest absolute Gasteiger partial charge is 0.287 e. The predicted molar refractivity (Wildman–Crippen MR) is 76.6 cm³/mol. The van der Waals surface area contributed by atoms with Gasteiger partial charge in [-0.25, -0.2) is 0 Å². The van der Waals surface area contributed by atoms with Crippen molar-refractivity contribution in [1.82, 2.24) is 10.2 Å². The van der Waals surface area contributed by atoms with E-state index in [2.05, 4.69) is 5.32 Å². The third-order valence-corrected chi connectivity index (χ3v) is 3.91. The van der Waals surface area contributed by atoms with Gasteiger partial charge in [-0.1, -0.05) is 0 Å². The van der Waals surface area contributed by atoms with E-state index in [1.54, 1.807) is 30.9 Å². The molecule has 0 bridgehead atoms. The molecule has 0 aromatic carbocycles. The molecule has 3 atom stereocenters. The summed E-state index contributed by atoms with van der Waals surface area (Å²) in [6.07, 6.45) is 2.79. The molecule has 1 aliphatic rings. The summed E-state index contributed by atoms with van der Waals surface area (Å²) in [5, 5.41) is 12.3. The number of piperidine rings is 1. The molecule has 2 N–H and O–H groups in total. The first kappa shape index (κ1) is 15.6. The molecule has 116 valence electrons. The molecule has 1 aliphatic heterocycles. The number of aliphatic hydroxyl groups excluding tert-OH is 1. The second kappa shape index (κ2) is 6.76. The summed E-state index contributed by atoms with van der Waals surface area (Å²) in [4.78, 5) is 25.9. The molecular formula is C15H22N2O4. The van der Waals surface area contributed by atoms with Crippen LogP contribution in [0.15, 0.2) is 22.8 Å². The van der Waals surface area contributed by atoms with Crippen LogP contribution >= 0.6 is 0 Å². The second-order valence-electron chi connectivity index (χ2n) is 5.60. The third kappa shape index (κ3) is 3.85. The molecule has 1 saturated heterocycles. The van der Waals surface area contributed by atoms with Crippen LogP contribution in [0.2, 0.25) is 0 Å². The van der Waals surface area contributed by atoms with Crippen LogP contribution in [0.5, 0.6) is 0 Å². The van der Waals surface area contributed by atoms with Crippen LogP contribution in [-0.4, -0.2) is 47.1 Å². The van der Waals surface area contributed by atoms with E-state index < -0.39 is 18.1 Å². The van der Waals surface area contributed by atoms with Crippen molar-refractivity contribution >= 4 is 11.8 Å². The van der Waals surface area contributed by atoms with Crippen molar-refractivity contribution in [3.8, 4) is 0 Å². The normalized spacial score (nSPS) is 21.7. The average molecular weight is 294 g/mol. The van der Waals surface area contributed by atoms with Crippen molar-refractivity contribution in [2.24, 2.45) is 5.92 Å². The van der Waals surface area contributed by atoms with Gasteiger partial charge in [-0.3, -0.25) is 9.59 Å². The van der Waals surface area contributed by atoms with E-state index in [4.69, 9.17) is 4.42 Å². The zero-order chi connectivity index (χ0) is 15.4. The molecule has 6 heteroatoms. The van der Waals surface area contributed by atoms with Gasteiger partial charge in [0.15, 0.2) is 5.76 Å². The molecule has 1 aromatic heterocycles. The molecule has 0 saturated carbocycles. The van der Waals surface area contributed by atoms with Crippen molar-refractivity contribution in [3.05, 3.63) is 24.2 Å². The zero-order valence-electron chi connectivity index (χ0n) is 12.4. The van der Waals surface area contributed by atoms with E-state index >= 15 is 0 Å². The molecule has 0 spiro atoms. The van der Waals surface area contributed by atoms with Gasteiger partial charge in [-0.15, -0.1) is 0 Å². The summed E-state index contributed by atoms with van der Waals surface area (Å²) in [7, 11) is 0. The highest BCUT2D eigenvalue weighted by molar-refractivity contribution is 5.95. The van der Waals surface area contributed by atoms with Crippen molar-refractivity contribution < 1.29 is 19.1 Å². The van der Waals surface area contributed by atoms with E-state index in [1.165, 1.54) is 6.26 Å². The molecule has 0 radical (unpaired) electrons. The fourth-order valence-corrected chi connectivity index (χ4v) is 2.62. The van der Waals surface area contributed by atoms with Crippen LogP contribution in [-0.2, 0) is 4.79 Å². The van der Waals surface area contributed by atoms with Crippen molar-refractivity contribution in [1.29, 1.82) is 0 Å². The fourth-order valence-electron chi connectivity index (χ4n) is 2.62. The Bertz CT molecular complexity index is 484. The van der Waals surface area contributed by atoms with Crippen LogP contribution in [0, 0.1) is 5.92 Å². The second-order valence-corrected chi connectivity index (χ2v) is 5.60. The van der Waals surface area contributed by atoms with Crippen molar-refractivity contribution in [3.63, 3.8) is 0 Å². The first-order valence-corrected chi connectivity index (χ1v) is 7.30. The minimum atomic E-state index is -0.615. The Hall–Kier alpha value is -1.82. The summed E-state index contributed by atoms with van der Waals surface area (Å²) in [5.41, 5.74) is 0. The van der Waals surface area contributed by atoms with E-state index in [0.717, 1.165) is 12.8 Å². The number of likely N-dealkylation sites (tertiary alicyclic amines) is 1. The lowest BCUT2D eigenvalue weighted by Crippen LogP contribution is -2.51. The number of amides is 2. The van der Waals surface area contributed by atoms with Crippen LogP contribution in [0.25, 0.3) is 0 Å². The lowest BCUT2D eigenvalue weighted by Gasteiger charge is -2.35. The Morgan fingerprint density at radius 1 is 1.48 bits per heavy atom. The van der Waals surface area contributed by atoms with Crippen LogP contribution < -0.4 is 5.32 Å². The Labute approximate surface area is 124 Å². The van der Waals surface area contributed by atoms with Gasteiger partial charge in [0, 0.05) is 19.0 Å². The SMILES string of the molecule is CC(NC(=O)c1ccco1)C(=O)N1CCCC(C(C)O)C1. The van der Waals surface area contributed by atoms with Gasteiger partial charge in [0.05, 0.1) is 12.4 Å². The third-order valence-electron chi connectivity index (χ3n) is 3.91. The highest BCUT2D eigenvalue weighted by atomic mass is 16.3. The first-order chi connectivity index (χ1) is 9.99. The van der Waals surface area contributed by atoms with E-state index in [-0.39, 0.29) is 17.6 Å². The maximum Gasteiger partial charge on any atom is 0.287 e. The standard InChI is InChI=1S/C15H22N2O4/c1-10(16-14(19)13-6-4-8-21-13)15(20)17-7-3-5-12(9-17)11(2)18/h4,6,8,10-12,18H,3,5,7,9H2,1-2H3,(H,16,19). The Kier molecular flexibility index (Phi) is 5.01. The molecule has 6 nitrogen and oxygen atoms in total. The van der Waals surface area contributed by atoms with E-state index in [9.17, 15) is 14.7 Å². The number of aliphatic hydroxyl groups is 1. The monoisotopic (exact) mass is 294 g/mol. The number of nitrogens with zero attached hydrogens (tertiary/aromatic N) is 1. The number of hydrogen-bond acceptors (Lipinski definition) is 4. The summed E-state index contributed by atoms with van der Waals surface area (Å²) < 4.78 is 5.00. The molecule has 2 heterocycles. The largest absolute Gasteiger partial charge is 0.459 e. The van der Waals surface area contributed by atoms with Gasteiger partial charge in [-0.2, -0.15) is 0 Å². The molecule has 0 aliphatic carbocycles. The average Bonchev–Trinajstić information content (AvgIpc) is 3.00. The number of nitrogens with one attached hydrogen (secondary N) is 1. The number of hydrogen-bond donors (Lipinski definition) is 2. The van der Waals surface area contributed by atoms with E-state index in [1.807, 2.05) is 0 Å². The summed E-state index contributed by atoms with van der Waals surface area (Å²) in [6.45, 7) is 4.62. The van der Waals surface area contributed by atoms with Crippen LogP contribution in [0.4, 0.5) is 0 Å². The van der Waals surface area contributed by atoms with Crippen molar-refractivity contribution in [2.45, 2.75) is 38.8 Å². The topological polar surface area (TPSA) is 82.8 Å². The maximum absolute atomic E-state index is 12.4. The van der Waals surface area contributed by atoms with Gasteiger partial charge in [-0.05, 0) is 38.8 Å². The molecule has 2 amide bonds. The molecule has 2 rings (SSSR count). The molecule has 21 heavy (non-hydrogen) atoms. The maximum atomic E-state index is 12.4. The Morgan fingerprint density at radius 2 is 2.24 bits per heavy atom. The molecular weight excluding hydrogens is 272 g/mol. The van der Waals surface area contributed by atoms with Gasteiger partial charge < -0.3 is 19.7 Å². The van der Waals surface area contributed by atoms with Gasteiger partial charge in [0.1, 0.15) is 6.04 Å². The highest BCUT2D eigenvalue weighted by Gasteiger charge is 2.29. The van der Waals surface area contributed by atoms with Crippen LogP contribution in [0.3, 0.4) is 0 Å². The highest BCUT2D eigenvalue weighted by Crippen LogP contribution is 2.20. The lowest BCUT2D eigenvalue weighted by atomic mass is 9.93. The first-order valence-electron chi connectivity index (χ1n) is 7.30. The number of rotatable bonds is 4. The minimum absolute atomic E-state index is 0.107. The van der Waals surface area contributed by atoms with Gasteiger partial charge in [0.25, 0.3) is 5.91 Å². The molecule has 1 aromatic rings. The summed E-state index contributed by atoms with van der Waals surface area (Å²) in [6, 6.07) is 2.56. The fraction of sp³-hybridized carbons (Fsp3) is 0.600. The number of furan rings is 1. The zero-order valence-corrected chi connectivity index (χ0v) is 12.4. The van der Waals surface area contributed by atoms with E-state index in [0.29, 0.717) is 13.1 Å². The predicted octanol–water partition coefficient (Wildman–Crippen LogP) is 1.02. The summed E-state index contributed by atoms with van der Waals surface area (Å²) in [5.74, 6) is -0.226. The molecule has 1 fully saturated rings. The lowest BCUT2D eigenvalue weighted by molar-refractivity contribution is -0.135. The van der Waals surface area contributed by atoms with Gasteiger partial charge >= 0.3 is 0 Å². The Morgan fingerprint density at radius 3 is 2.86 bits per heavy atom. The summed E-state index contributed by atoms with van der Waals surface area (Å²) >= 11 is 0.